The normalized spacial score (nSPS) is 11.2. The predicted octanol–water partition coefficient (Wildman–Crippen LogP) is 4.22. The van der Waals surface area contributed by atoms with Crippen molar-refractivity contribution in [1.29, 1.82) is 0 Å². The first-order valence-corrected chi connectivity index (χ1v) is 10.6. The van der Waals surface area contributed by atoms with Crippen molar-refractivity contribution in [3.63, 3.8) is 0 Å². The van der Waals surface area contributed by atoms with E-state index in [4.69, 9.17) is 16.3 Å². The number of anilines is 1. The van der Waals surface area contributed by atoms with Crippen molar-refractivity contribution in [2.45, 2.75) is 11.4 Å². The zero-order valence-corrected chi connectivity index (χ0v) is 17.4. The van der Waals surface area contributed by atoms with Crippen LogP contribution in [0.25, 0.3) is 0 Å². The predicted molar refractivity (Wildman–Crippen MR) is 113 cm³/mol. The SMILES string of the molecule is COc1ccc(CNS(=O)(=O)c2ccc(NC(=O)c3cccc(Cl)c3)c(F)c2)cc1. The smallest absolute Gasteiger partial charge is 0.255 e. The van der Waals surface area contributed by atoms with Crippen molar-refractivity contribution in [2.75, 3.05) is 12.4 Å². The topological polar surface area (TPSA) is 84.5 Å². The van der Waals surface area contributed by atoms with Crippen molar-refractivity contribution in [2.24, 2.45) is 0 Å². The second kappa shape index (κ2) is 9.25. The third kappa shape index (κ3) is 5.35. The van der Waals surface area contributed by atoms with E-state index < -0.39 is 21.7 Å². The van der Waals surface area contributed by atoms with E-state index in [1.165, 1.54) is 31.4 Å². The monoisotopic (exact) mass is 448 g/mol. The van der Waals surface area contributed by atoms with Crippen LogP contribution in [-0.4, -0.2) is 21.4 Å². The summed E-state index contributed by atoms with van der Waals surface area (Å²) in [5.74, 6) is -0.790. The van der Waals surface area contributed by atoms with Crippen LogP contribution >= 0.6 is 11.6 Å². The number of hydrogen-bond acceptors (Lipinski definition) is 4. The Balaban J connectivity index is 1.70. The molecule has 0 fully saturated rings. The molecule has 1 amide bonds. The van der Waals surface area contributed by atoms with Crippen LogP contribution in [0.15, 0.2) is 71.6 Å². The van der Waals surface area contributed by atoms with Crippen LogP contribution in [0, 0.1) is 5.82 Å². The summed E-state index contributed by atoms with van der Waals surface area (Å²) in [6.07, 6.45) is 0. The number of sulfonamides is 1. The summed E-state index contributed by atoms with van der Waals surface area (Å²) in [6, 6.07) is 16.3. The highest BCUT2D eigenvalue weighted by Crippen LogP contribution is 2.21. The third-order valence-corrected chi connectivity index (χ3v) is 5.85. The number of halogens is 2. The van der Waals surface area contributed by atoms with Crippen LogP contribution in [-0.2, 0) is 16.6 Å². The van der Waals surface area contributed by atoms with Crippen LogP contribution in [0.4, 0.5) is 10.1 Å². The standard InChI is InChI=1S/C21H18ClFN2O4S/c1-29-17-7-5-14(6-8-17)13-24-30(27,28)18-9-10-20(19(23)12-18)25-21(26)15-3-2-4-16(22)11-15/h2-12,24H,13H2,1H3,(H,25,26). The van der Waals surface area contributed by atoms with Gasteiger partial charge in [0, 0.05) is 17.1 Å². The van der Waals surface area contributed by atoms with E-state index >= 15 is 0 Å². The maximum atomic E-state index is 14.4. The molecule has 0 atom stereocenters. The Bertz CT molecular complexity index is 1170. The molecule has 0 aromatic heterocycles. The number of nitrogens with one attached hydrogen (secondary N) is 2. The molecule has 0 aliphatic carbocycles. The quantitative estimate of drug-likeness (QED) is 0.566. The van der Waals surface area contributed by atoms with Crippen LogP contribution in [0.2, 0.25) is 5.02 Å². The molecule has 0 saturated heterocycles. The molecule has 0 spiro atoms. The molecule has 2 N–H and O–H groups in total. The number of hydrogen-bond donors (Lipinski definition) is 2. The number of carbonyl (C=O) groups is 1. The fourth-order valence-electron chi connectivity index (χ4n) is 2.59. The molecule has 0 heterocycles. The lowest BCUT2D eigenvalue weighted by molar-refractivity contribution is 0.102. The number of amides is 1. The molecular weight excluding hydrogens is 431 g/mol. The number of methoxy groups -OCH3 is 1. The van der Waals surface area contributed by atoms with E-state index in [0.717, 1.165) is 6.07 Å². The number of ether oxygens (including phenoxy) is 1. The molecular formula is C21H18ClFN2O4S. The molecule has 9 heteroatoms. The Morgan fingerprint density at radius 2 is 1.80 bits per heavy atom. The molecule has 3 aromatic carbocycles. The average Bonchev–Trinajstić information content (AvgIpc) is 2.74. The maximum Gasteiger partial charge on any atom is 0.255 e. The van der Waals surface area contributed by atoms with Gasteiger partial charge in [0.25, 0.3) is 5.91 Å². The van der Waals surface area contributed by atoms with Crippen LogP contribution in [0.1, 0.15) is 15.9 Å². The highest BCUT2D eigenvalue weighted by atomic mass is 35.5. The van der Waals surface area contributed by atoms with Gasteiger partial charge in [-0.15, -0.1) is 0 Å². The maximum absolute atomic E-state index is 14.4. The number of benzene rings is 3. The number of carbonyl (C=O) groups excluding carboxylic acids is 1. The average molecular weight is 449 g/mol. The lowest BCUT2D eigenvalue weighted by Crippen LogP contribution is -2.23. The Labute approximate surface area is 178 Å². The third-order valence-electron chi connectivity index (χ3n) is 4.21. The van der Waals surface area contributed by atoms with E-state index in [2.05, 4.69) is 10.0 Å². The summed E-state index contributed by atoms with van der Waals surface area (Å²) < 4.78 is 46.8. The molecule has 3 aromatic rings. The van der Waals surface area contributed by atoms with E-state index in [1.807, 2.05) is 0 Å². The number of rotatable bonds is 7. The molecule has 0 radical (unpaired) electrons. The van der Waals surface area contributed by atoms with Gasteiger partial charge in [-0.3, -0.25) is 4.79 Å². The fraction of sp³-hybridized carbons (Fsp3) is 0.0952. The Morgan fingerprint density at radius 1 is 1.07 bits per heavy atom. The summed E-state index contributed by atoms with van der Waals surface area (Å²) in [5, 5.41) is 2.77. The Kier molecular flexibility index (Phi) is 6.71. The highest BCUT2D eigenvalue weighted by molar-refractivity contribution is 7.89. The minimum absolute atomic E-state index is 0.0290. The van der Waals surface area contributed by atoms with E-state index in [9.17, 15) is 17.6 Å². The van der Waals surface area contributed by atoms with E-state index in [1.54, 1.807) is 36.4 Å². The second-order valence-electron chi connectivity index (χ2n) is 6.28. The minimum Gasteiger partial charge on any atom is -0.497 e. The lowest BCUT2D eigenvalue weighted by atomic mass is 10.2. The first-order valence-electron chi connectivity index (χ1n) is 8.77. The second-order valence-corrected chi connectivity index (χ2v) is 8.48. The molecule has 0 unspecified atom stereocenters. The molecule has 0 saturated carbocycles. The van der Waals surface area contributed by atoms with Gasteiger partial charge in [0.2, 0.25) is 10.0 Å². The largest absolute Gasteiger partial charge is 0.497 e. The van der Waals surface area contributed by atoms with Gasteiger partial charge in [-0.25, -0.2) is 17.5 Å². The minimum atomic E-state index is -3.95. The van der Waals surface area contributed by atoms with Crippen LogP contribution in [0.3, 0.4) is 0 Å². The van der Waals surface area contributed by atoms with Crippen molar-refractivity contribution < 1.29 is 22.3 Å². The van der Waals surface area contributed by atoms with Gasteiger partial charge in [0.05, 0.1) is 17.7 Å². The van der Waals surface area contributed by atoms with Gasteiger partial charge >= 0.3 is 0 Å². The molecule has 30 heavy (non-hydrogen) atoms. The van der Waals surface area contributed by atoms with Gasteiger partial charge in [-0.05, 0) is 54.1 Å². The van der Waals surface area contributed by atoms with E-state index in [-0.39, 0.29) is 22.7 Å². The Hall–Kier alpha value is -2.94. The van der Waals surface area contributed by atoms with Crippen LogP contribution < -0.4 is 14.8 Å². The zero-order valence-electron chi connectivity index (χ0n) is 15.9. The van der Waals surface area contributed by atoms with E-state index in [0.29, 0.717) is 16.3 Å². The summed E-state index contributed by atoms with van der Waals surface area (Å²) >= 11 is 5.85. The molecule has 0 aliphatic rings. The lowest BCUT2D eigenvalue weighted by Gasteiger charge is -2.10. The van der Waals surface area contributed by atoms with Crippen molar-refractivity contribution in [3.05, 3.63) is 88.7 Å². The van der Waals surface area contributed by atoms with Crippen molar-refractivity contribution >= 4 is 33.2 Å². The van der Waals surface area contributed by atoms with Gasteiger partial charge in [0.15, 0.2) is 0 Å². The molecule has 6 nitrogen and oxygen atoms in total. The van der Waals surface area contributed by atoms with Crippen LogP contribution in [0.5, 0.6) is 5.75 Å². The summed E-state index contributed by atoms with van der Waals surface area (Å²) in [5.41, 5.74) is 0.819. The van der Waals surface area contributed by atoms with Gasteiger partial charge in [0.1, 0.15) is 11.6 Å². The molecule has 156 valence electrons. The first-order chi connectivity index (χ1) is 14.3. The molecule has 0 aliphatic heterocycles. The highest BCUT2D eigenvalue weighted by Gasteiger charge is 2.17. The fourth-order valence-corrected chi connectivity index (χ4v) is 3.81. The summed E-state index contributed by atoms with van der Waals surface area (Å²) in [6.45, 7) is 0.0290. The Morgan fingerprint density at radius 3 is 2.43 bits per heavy atom. The summed E-state index contributed by atoms with van der Waals surface area (Å²) in [7, 11) is -2.42. The van der Waals surface area contributed by atoms with Gasteiger partial charge in [-0.2, -0.15) is 0 Å². The van der Waals surface area contributed by atoms with Crippen molar-refractivity contribution in [3.8, 4) is 5.75 Å². The zero-order chi connectivity index (χ0) is 21.7. The van der Waals surface area contributed by atoms with Gasteiger partial charge in [-0.1, -0.05) is 29.8 Å². The van der Waals surface area contributed by atoms with Gasteiger partial charge < -0.3 is 10.1 Å². The van der Waals surface area contributed by atoms with Crippen molar-refractivity contribution in [1.82, 2.24) is 4.72 Å². The first kappa shape index (κ1) is 21.8. The molecule has 0 bridgehead atoms. The molecule has 3 rings (SSSR count). The summed E-state index contributed by atoms with van der Waals surface area (Å²) in [4.78, 5) is 12.0.